The molecule has 3 heterocycles. The fourth-order valence-corrected chi connectivity index (χ4v) is 2.87. The van der Waals surface area contributed by atoms with Crippen molar-refractivity contribution in [2.24, 2.45) is 0 Å². The fourth-order valence-electron chi connectivity index (χ4n) is 2.87. The van der Waals surface area contributed by atoms with Crippen molar-refractivity contribution < 1.29 is 14.3 Å². The van der Waals surface area contributed by atoms with Gasteiger partial charge in [-0.1, -0.05) is 13.8 Å². The van der Waals surface area contributed by atoms with E-state index in [1.807, 2.05) is 0 Å². The van der Waals surface area contributed by atoms with Crippen LogP contribution in [0, 0.1) is 0 Å². The highest BCUT2D eigenvalue weighted by molar-refractivity contribution is 5.92. The van der Waals surface area contributed by atoms with Crippen LogP contribution in [0.25, 0.3) is 0 Å². The number of rotatable bonds is 5. The number of aromatic nitrogens is 2. The van der Waals surface area contributed by atoms with E-state index < -0.39 is 0 Å². The molecule has 0 aliphatic carbocycles. The molecule has 2 aliphatic heterocycles. The third-order valence-corrected chi connectivity index (χ3v) is 4.37. The molecule has 1 atom stereocenters. The second-order valence-electron chi connectivity index (χ2n) is 6.58. The number of anilines is 1. The Labute approximate surface area is 142 Å². The molecular formula is C17H26N4O3. The first-order valence-corrected chi connectivity index (χ1v) is 8.75. The minimum atomic E-state index is -0.163. The zero-order chi connectivity index (χ0) is 16.9. The number of nitrogens with zero attached hydrogens (tertiary/aromatic N) is 3. The predicted molar refractivity (Wildman–Crippen MR) is 90.5 cm³/mol. The van der Waals surface area contributed by atoms with Crippen molar-refractivity contribution in [2.75, 3.05) is 44.4 Å². The van der Waals surface area contributed by atoms with Crippen molar-refractivity contribution in [3.8, 4) is 0 Å². The molecule has 2 fully saturated rings. The Balaban J connectivity index is 1.74. The van der Waals surface area contributed by atoms with Crippen LogP contribution in [0.5, 0.6) is 0 Å². The summed E-state index contributed by atoms with van der Waals surface area (Å²) in [7, 11) is 0. The van der Waals surface area contributed by atoms with E-state index in [2.05, 4.69) is 34.0 Å². The van der Waals surface area contributed by atoms with Crippen LogP contribution in [0.15, 0.2) is 6.07 Å². The van der Waals surface area contributed by atoms with Crippen molar-refractivity contribution in [1.82, 2.24) is 15.3 Å². The predicted octanol–water partition coefficient (Wildman–Crippen LogP) is 1.35. The molecule has 7 heteroatoms. The maximum absolute atomic E-state index is 12.5. The summed E-state index contributed by atoms with van der Waals surface area (Å²) in [5, 5.41) is 2.94. The Hall–Kier alpha value is -1.73. The van der Waals surface area contributed by atoms with Gasteiger partial charge in [0.05, 0.1) is 19.3 Å². The van der Waals surface area contributed by atoms with E-state index in [1.165, 1.54) is 0 Å². The molecule has 0 unspecified atom stereocenters. The molecule has 1 aromatic rings. The lowest BCUT2D eigenvalue weighted by atomic mass is 10.1. The van der Waals surface area contributed by atoms with E-state index in [0.717, 1.165) is 38.2 Å². The van der Waals surface area contributed by atoms with Gasteiger partial charge in [0, 0.05) is 31.9 Å². The summed E-state index contributed by atoms with van der Waals surface area (Å²) in [6.45, 7) is 8.28. The van der Waals surface area contributed by atoms with Crippen LogP contribution in [0.3, 0.4) is 0 Å². The van der Waals surface area contributed by atoms with Gasteiger partial charge in [0.1, 0.15) is 5.69 Å². The molecule has 132 valence electrons. The number of amides is 1. The van der Waals surface area contributed by atoms with Gasteiger partial charge < -0.3 is 19.7 Å². The van der Waals surface area contributed by atoms with Crippen molar-refractivity contribution in [2.45, 2.75) is 38.7 Å². The van der Waals surface area contributed by atoms with Gasteiger partial charge in [-0.15, -0.1) is 0 Å². The first-order valence-electron chi connectivity index (χ1n) is 8.75. The number of morpholine rings is 1. The average molecular weight is 334 g/mol. The van der Waals surface area contributed by atoms with Crippen LogP contribution < -0.4 is 10.2 Å². The molecule has 0 saturated carbocycles. The molecule has 1 aromatic heterocycles. The number of hydrogen-bond donors (Lipinski definition) is 1. The Kier molecular flexibility index (Phi) is 5.63. The topological polar surface area (TPSA) is 76.6 Å². The summed E-state index contributed by atoms with van der Waals surface area (Å²) in [5.74, 6) is 0.689. The molecule has 0 aromatic carbocycles. The van der Waals surface area contributed by atoms with Gasteiger partial charge in [0.15, 0.2) is 0 Å². The van der Waals surface area contributed by atoms with E-state index >= 15 is 0 Å². The molecule has 0 radical (unpaired) electrons. The summed E-state index contributed by atoms with van der Waals surface area (Å²) in [4.78, 5) is 23.7. The molecule has 0 spiro atoms. The van der Waals surface area contributed by atoms with Crippen LogP contribution >= 0.6 is 0 Å². The third-order valence-electron chi connectivity index (χ3n) is 4.37. The van der Waals surface area contributed by atoms with Gasteiger partial charge in [-0.25, -0.2) is 9.97 Å². The average Bonchev–Trinajstić information content (AvgIpc) is 3.13. The molecule has 2 saturated heterocycles. The number of hydrogen-bond acceptors (Lipinski definition) is 6. The second kappa shape index (κ2) is 7.90. The molecule has 3 rings (SSSR count). The summed E-state index contributed by atoms with van der Waals surface area (Å²) in [6.07, 6.45) is 2.19. The highest BCUT2D eigenvalue weighted by atomic mass is 16.5. The number of nitrogens with one attached hydrogen (secondary N) is 1. The summed E-state index contributed by atoms with van der Waals surface area (Å²) in [6, 6.07) is 1.79. The molecule has 7 nitrogen and oxygen atoms in total. The Morgan fingerprint density at radius 3 is 2.79 bits per heavy atom. The summed E-state index contributed by atoms with van der Waals surface area (Å²) < 4.78 is 10.9. The van der Waals surface area contributed by atoms with Gasteiger partial charge in [0.25, 0.3) is 5.91 Å². The van der Waals surface area contributed by atoms with E-state index in [0.29, 0.717) is 31.4 Å². The van der Waals surface area contributed by atoms with E-state index in [4.69, 9.17) is 9.47 Å². The van der Waals surface area contributed by atoms with Crippen LogP contribution in [0.1, 0.15) is 48.8 Å². The van der Waals surface area contributed by atoms with Crippen molar-refractivity contribution in [3.05, 3.63) is 17.5 Å². The third kappa shape index (κ3) is 4.21. The standard InChI is InChI=1S/C17H26N4O3/c1-12(2)14-10-15(16(22)18-11-13-4-3-7-24-13)20-17(19-14)21-5-8-23-9-6-21/h10,12-13H,3-9,11H2,1-2H3,(H,18,22)/t13-/m1/s1. The second-order valence-corrected chi connectivity index (χ2v) is 6.58. The Bertz CT molecular complexity index is 567. The first kappa shape index (κ1) is 17.1. The quantitative estimate of drug-likeness (QED) is 0.876. The lowest BCUT2D eigenvalue weighted by molar-refractivity contribution is 0.0853. The number of carbonyl (C=O) groups excluding carboxylic acids is 1. The van der Waals surface area contributed by atoms with Crippen LogP contribution in [-0.2, 0) is 9.47 Å². The summed E-state index contributed by atoms with van der Waals surface area (Å²) >= 11 is 0. The van der Waals surface area contributed by atoms with Gasteiger partial charge in [0.2, 0.25) is 5.95 Å². The van der Waals surface area contributed by atoms with Gasteiger partial charge in [-0.2, -0.15) is 0 Å². The first-order chi connectivity index (χ1) is 11.6. The lowest BCUT2D eigenvalue weighted by Crippen LogP contribution is -2.38. The lowest BCUT2D eigenvalue weighted by Gasteiger charge is -2.27. The normalized spacial score (nSPS) is 21.3. The van der Waals surface area contributed by atoms with Crippen molar-refractivity contribution in [1.29, 1.82) is 0 Å². The molecule has 1 N–H and O–H groups in total. The van der Waals surface area contributed by atoms with Crippen LogP contribution in [0.2, 0.25) is 0 Å². The maximum atomic E-state index is 12.5. The number of carbonyl (C=O) groups is 1. The van der Waals surface area contributed by atoms with Gasteiger partial charge in [-0.05, 0) is 24.8 Å². The van der Waals surface area contributed by atoms with Crippen LogP contribution in [0.4, 0.5) is 5.95 Å². The monoisotopic (exact) mass is 334 g/mol. The zero-order valence-electron chi connectivity index (χ0n) is 14.5. The molecule has 1 amide bonds. The van der Waals surface area contributed by atoms with E-state index in [-0.39, 0.29) is 17.9 Å². The molecular weight excluding hydrogens is 308 g/mol. The zero-order valence-corrected chi connectivity index (χ0v) is 14.5. The minimum Gasteiger partial charge on any atom is -0.378 e. The smallest absolute Gasteiger partial charge is 0.270 e. The Morgan fingerprint density at radius 1 is 1.33 bits per heavy atom. The summed E-state index contributed by atoms with van der Waals surface area (Å²) in [5.41, 5.74) is 1.31. The SMILES string of the molecule is CC(C)c1cc(C(=O)NC[C@H]2CCCO2)nc(N2CCOCC2)n1. The molecule has 2 aliphatic rings. The highest BCUT2D eigenvalue weighted by Crippen LogP contribution is 2.18. The van der Waals surface area contributed by atoms with E-state index in [1.54, 1.807) is 6.07 Å². The van der Waals surface area contributed by atoms with Crippen molar-refractivity contribution >= 4 is 11.9 Å². The fraction of sp³-hybridized carbons (Fsp3) is 0.706. The number of ether oxygens (including phenoxy) is 2. The largest absolute Gasteiger partial charge is 0.378 e. The molecule has 24 heavy (non-hydrogen) atoms. The molecule has 0 bridgehead atoms. The Morgan fingerprint density at radius 2 is 2.12 bits per heavy atom. The van der Waals surface area contributed by atoms with E-state index in [9.17, 15) is 4.79 Å². The highest BCUT2D eigenvalue weighted by Gasteiger charge is 2.21. The minimum absolute atomic E-state index is 0.124. The van der Waals surface area contributed by atoms with Gasteiger partial charge in [-0.3, -0.25) is 4.79 Å². The van der Waals surface area contributed by atoms with Crippen molar-refractivity contribution in [3.63, 3.8) is 0 Å². The maximum Gasteiger partial charge on any atom is 0.270 e. The van der Waals surface area contributed by atoms with Gasteiger partial charge >= 0.3 is 0 Å². The van der Waals surface area contributed by atoms with Crippen LogP contribution in [-0.4, -0.2) is 61.4 Å².